The van der Waals surface area contributed by atoms with Gasteiger partial charge < -0.3 is 15.4 Å². The summed E-state index contributed by atoms with van der Waals surface area (Å²) in [6, 6.07) is 7.41. The number of ether oxygens (including phenoxy) is 1. The molecule has 0 saturated heterocycles. The number of likely N-dealkylation sites (N-methyl/N-ethyl adjacent to an activating group) is 1. The Kier molecular flexibility index (Phi) is 5.47. The highest BCUT2D eigenvalue weighted by Gasteiger charge is 1.98. The van der Waals surface area contributed by atoms with Crippen molar-refractivity contribution in [1.29, 1.82) is 0 Å². The van der Waals surface area contributed by atoms with Crippen LogP contribution in [0.3, 0.4) is 0 Å². The fraction of sp³-hybridized carbons (Fsp3) is 0.455. The predicted molar refractivity (Wildman–Crippen MR) is 63.5 cm³/mol. The van der Waals surface area contributed by atoms with E-state index in [2.05, 4.69) is 4.90 Å². The summed E-state index contributed by atoms with van der Waals surface area (Å²) in [5.41, 5.74) is 5.43. The first-order chi connectivity index (χ1) is 7.22. The molecular weight excluding hydrogens is 212 g/mol. The molecule has 0 amide bonds. The quantitative estimate of drug-likeness (QED) is 0.804. The van der Waals surface area contributed by atoms with Crippen LogP contribution in [0, 0.1) is 0 Å². The van der Waals surface area contributed by atoms with Crippen LogP contribution in [0.1, 0.15) is 0 Å². The van der Waals surface area contributed by atoms with Gasteiger partial charge >= 0.3 is 0 Å². The smallest absolute Gasteiger partial charge is 0.120 e. The molecule has 0 aromatic heterocycles. The minimum absolute atomic E-state index is 0.650. The van der Waals surface area contributed by atoms with E-state index in [1.165, 1.54) is 0 Å². The Morgan fingerprint density at radius 1 is 1.40 bits per heavy atom. The molecule has 1 rings (SSSR count). The zero-order chi connectivity index (χ0) is 11.1. The minimum atomic E-state index is 0.650. The molecule has 0 fully saturated rings. The van der Waals surface area contributed by atoms with E-state index in [1.54, 1.807) is 0 Å². The number of halogens is 1. The molecule has 0 aliphatic rings. The largest absolute Gasteiger partial charge is 0.492 e. The second-order valence-corrected chi connectivity index (χ2v) is 3.83. The number of nitrogens with two attached hydrogens (primary N) is 1. The van der Waals surface area contributed by atoms with Crippen molar-refractivity contribution < 1.29 is 4.74 Å². The summed E-state index contributed by atoms with van der Waals surface area (Å²) in [4.78, 5) is 2.13. The number of nitrogens with zero attached hydrogens (tertiary/aromatic N) is 1. The minimum Gasteiger partial charge on any atom is -0.492 e. The lowest BCUT2D eigenvalue weighted by molar-refractivity contribution is 0.241. The highest BCUT2D eigenvalue weighted by molar-refractivity contribution is 6.30. The Hall–Kier alpha value is -0.770. The van der Waals surface area contributed by atoms with Crippen molar-refractivity contribution in [3.05, 3.63) is 29.3 Å². The maximum Gasteiger partial charge on any atom is 0.120 e. The summed E-state index contributed by atoms with van der Waals surface area (Å²) in [6.45, 7) is 3.08. The molecule has 0 atom stereocenters. The van der Waals surface area contributed by atoms with Gasteiger partial charge in [-0.1, -0.05) is 17.7 Å². The second-order valence-electron chi connectivity index (χ2n) is 3.40. The van der Waals surface area contributed by atoms with E-state index in [9.17, 15) is 0 Å². The lowest BCUT2D eigenvalue weighted by Gasteiger charge is -2.15. The zero-order valence-electron chi connectivity index (χ0n) is 8.95. The normalized spacial score (nSPS) is 10.7. The van der Waals surface area contributed by atoms with Crippen molar-refractivity contribution in [1.82, 2.24) is 4.90 Å². The Balaban J connectivity index is 2.25. The average Bonchev–Trinajstić information content (AvgIpc) is 2.18. The molecule has 0 spiro atoms. The Bertz CT molecular complexity index is 294. The molecule has 0 unspecified atom stereocenters. The third kappa shape index (κ3) is 5.02. The van der Waals surface area contributed by atoms with Crippen LogP contribution >= 0.6 is 11.6 Å². The Labute approximate surface area is 95.8 Å². The number of hydrogen-bond donors (Lipinski definition) is 1. The van der Waals surface area contributed by atoms with E-state index in [0.717, 1.165) is 18.8 Å². The third-order valence-corrected chi connectivity index (χ3v) is 2.28. The summed E-state index contributed by atoms with van der Waals surface area (Å²) < 4.78 is 5.54. The van der Waals surface area contributed by atoms with Gasteiger partial charge in [-0.3, -0.25) is 0 Å². The van der Waals surface area contributed by atoms with Gasteiger partial charge in [0.1, 0.15) is 12.4 Å². The summed E-state index contributed by atoms with van der Waals surface area (Å²) in [7, 11) is 2.02. The molecule has 0 aliphatic heterocycles. The summed E-state index contributed by atoms with van der Waals surface area (Å²) in [5, 5.41) is 0.697. The third-order valence-electron chi connectivity index (χ3n) is 2.05. The van der Waals surface area contributed by atoms with Gasteiger partial charge in [0.05, 0.1) is 0 Å². The van der Waals surface area contributed by atoms with Crippen LogP contribution in [0.5, 0.6) is 5.75 Å². The second kappa shape index (κ2) is 6.67. The highest BCUT2D eigenvalue weighted by Crippen LogP contribution is 2.16. The zero-order valence-corrected chi connectivity index (χ0v) is 9.70. The molecule has 1 aromatic rings. The average molecular weight is 229 g/mol. The van der Waals surface area contributed by atoms with Crippen LogP contribution in [0.2, 0.25) is 5.02 Å². The number of hydrogen-bond acceptors (Lipinski definition) is 3. The van der Waals surface area contributed by atoms with Crippen molar-refractivity contribution in [2.24, 2.45) is 5.73 Å². The van der Waals surface area contributed by atoms with Crippen molar-refractivity contribution in [3.63, 3.8) is 0 Å². The van der Waals surface area contributed by atoms with E-state index < -0.39 is 0 Å². The van der Waals surface area contributed by atoms with Gasteiger partial charge in [-0.2, -0.15) is 0 Å². The van der Waals surface area contributed by atoms with Crippen LogP contribution in [0.15, 0.2) is 24.3 Å². The molecule has 15 heavy (non-hydrogen) atoms. The number of rotatable bonds is 6. The van der Waals surface area contributed by atoms with Crippen molar-refractivity contribution >= 4 is 11.6 Å². The van der Waals surface area contributed by atoms with Gasteiger partial charge in [0.2, 0.25) is 0 Å². The van der Waals surface area contributed by atoms with Gasteiger partial charge in [0.25, 0.3) is 0 Å². The molecule has 0 heterocycles. The van der Waals surface area contributed by atoms with Gasteiger partial charge in [0.15, 0.2) is 0 Å². The molecule has 4 heteroatoms. The molecule has 2 N–H and O–H groups in total. The molecule has 0 radical (unpaired) electrons. The van der Waals surface area contributed by atoms with Gasteiger partial charge in [-0.05, 0) is 25.2 Å². The van der Waals surface area contributed by atoms with Crippen LogP contribution in [-0.2, 0) is 0 Å². The van der Waals surface area contributed by atoms with Gasteiger partial charge in [0, 0.05) is 24.7 Å². The lowest BCUT2D eigenvalue weighted by atomic mass is 10.3. The van der Waals surface area contributed by atoms with E-state index >= 15 is 0 Å². The topological polar surface area (TPSA) is 38.5 Å². The summed E-state index contributed by atoms with van der Waals surface area (Å²) in [5.74, 6) is 0.809. The van der Waals surface area contributed by atoms with Crippen LogP contribution < -0.4 is 10.5 Å². The monoisotopic (exact) mass is 228 g/mol. The number of benzene rings is 1. The van der Waals surface area contributed by atoms with Crippen molar-refractivity contribution in [2.75, 3.05) is 33.3 Å². The molecule has 3 nitrogen and oxygen atoms in total. The molecule has 84 valence electrons. The van der Waals surface area contributed by atoms with Crippen LogP contribution in [-0.4, -0.2) is 38.2 Å². The maximum absolute atomic E-state index is 5.83. The van der Waals surface area contributed by atoms with Gasteiger partial charge in [-0.15, -0.1) is 0 Å². The van der Waals surface area contributed by atoms with Crippen LogP contribution in [0.4, 0.5) is 0 Å². The molecule has 0 aliphatic carbocycles. The highest BCUT2D eigenvalue weighted by atomic mass is 35.5. The first-order valence-corrected chi connectivity index (χ1v) is 5.37. The SMILES string of the molecule is CN(CCN)CCOc1cccc(Cl)c1. The van der Waals surface area contributed by atoms with E-state index in [1.807, 2.05) is 31.3 Å². The Morgan fingerprint density at radius 3 is 2.87 bits per heavy atom. The molecule has 0 saturated carbocycles. The molecule has 0 bridgehead atoms. The van der Waals surface area contributed by atoms with E-state index in [4.69, 9.17) is 22.1 Å². The summed E-state index contributed by atoms with van der Waals surface area (Å²) >= 11 is 5.83. The summed E-state index contributed by atoms with van der Waals surface area (Å²) in [6.07, 6.45) is 0. The Morgan fingerprint density at radius 2 is 2.20 bits per heavy atom. The lowest BCUT2D eigenvalue weighted by Crippen LogP contribution is -2.29. The maximum atomic E-state index is 5.83. The fourth-order valence-corrected chi connectivity index (χ4v) is 1.39. The predicted octanol–water partition coefficient (Wildman–Crippen LogP) is 1.61. The van der Waals surface area contributed by atoms with Crippen LogP contribution in [0.25, 0.3) is 0 Å². The van der Waals surface area contributed by atoms with E-state index in [0.29, 0.717) is 18.2 Å². The van der Waals surface area contributed by atoms with Crippen molar-refractivity contribution in [2.45, 2.75) is 0 Å². The van der Waals surface area contributed by atoms with Crippen molar-refractivity contribution in [3.8, 4) is 5.75 Å². The first-order valence-electron chi connectivity index (χ1n) is 4.99. The van der Waals surface area contributed by atoms with Gasteiger partial charge in [-0.25, -0.2) is 0 Å². The fourth-order valence-electron chi connectivity index (χ4n) is 1.21. The molecular formula is C11H17ClN2O. The standard InChI is InChI=1S/C11H17ClN2O/c1-14(6-5-13)7-8-15-11-4-2-3-10(12)9-11/h2-4,9H,5-8,13H2,1H3. The molecule has 1 aromatic carbocycles. The van der Waals surface area contributed by atoms with E-state index in [-0.39, 0.29) is 0 Å². The first kappa shape index (κ1) is 12.3.